The molecule has 1 atom stereocenters. The molecule has 0 amide bonds. The highest BCUT2D eigenvalue weighted by Crippen LogP contribution is 2.27. The molecule has 2 aromatic rings. The maximum absolute atomic E-state index is 14.0. The molecule has 10 heteroatoms. The number of methoxy groups -OCH3 is 1. The first kappa shape index (κ1) is 19.3. The molecule has 0 fully saturated rings. The fourth-order valence-corrected chi connectivity index (χ4v) is 2.07. The molecule has 0 aliphatic heterocycles. The Morgan fingerprint density at radius 3 is 2.54 bits per heavy atom. The lowest BCUT2D eigenvalue weighted by Gasteiger charge is -2.16. The van der Waals surface area contributed by atoms with Crippen LogP contribution in [0.3, 0.4) is 0 Å². The van der Waals surface area contributed by atoms with E-state index < -0.39 is 46.7 Å². The van der Waals surface area contributed by atoms with E-state index in [-0.39, 0.29) is 18.7 Å². The molecule has 26 heavy (non-hydrogen) atoms. The zero-order chi connectivity index (χ0) is 19.3. The van der Waals surface area contributed by atoms with Crippen molar-refractivity contribution in [3.8, 4) is 11.4 Å². The maximum atomic E-state index is 14.0. The lowest BCUT2D eigenvalue weighted by molar-refractivity contribution is -0.0512. The quantitative estimate of drug-likeness (QED) is 0.433. The molecule has 8 nitrogen and oxygen atoms in total. The SMILES string of the molecule is CCOC(=O)c1c(C=O)nc(-c2c(F)cccc2F)nc1NC(O)OC. The molecule has 0 aliphatic carbocycles. The van der Waals surface area contributed by atoms with E-state index >= 15 is 0 Å². The van der Waals surface area contributed by atoms with Crippen LogP contribution in [0.4, 0.5) is 14.6 Å². The number of halogens is 2. The first-order chi connectivity index (χ1) is 12.4. The number of aldehydes is 1. The van der Waals surface area contributed by atoms with Gasteiger partial charge in [0.05, 0.1) is 12.2 Å². The van der Waals surface area contributed by atoms with Gasteiger partial charge in [-0.25, -0.2) is 23.5 Å². The van der Waals surface area contributed by atoms with Crippen molar-refractivity contribution in [3.05, 3.63) is 41.1 Å². The Labute approximate surface area is 146 Å². The first-order valence-electron chi connectivity index (χ1n) is 7.39. The van der Waals surface area contributed by atoms with Gasteiger partial charge >= 0.3 is 5.97 Å². The average molecular weight is 367 g/mol. The van der Waals surface area contributed by atoms with E-state index in [1.165, 1.54) is 0 Å². The van der Waals surface area contributed by atoms with Crippen LogP contribution in [-0.2, 0) is 9.47 Å². The van der Waals surface area contributed by atoms with E-state index in [4.69, 9.17) is 4.74 Å². The molecule has 1 heterocycles. The standard InChI is InChI=1S/C16H15F2N3O5/c1-3-26-15(23)12-10(7-22)19-13(20-14(12)21-16(24)25-2)11-8(17)5-4-6-9(11)18/h4-7,16,24H,3H2,1-2H3,(H,19,20,21). The third-order valence-corrected chi connectivity index (χ3v) is 3.20. The second-order valence-electron chi connectivity index (χ2n) is 4.82. The highest BCUT2D eigenvalue weighted by Gasteiger charge is 2.25. The van der Waals surface area contributed by atoms with Gasteiger partial charge < -0.3 is 19.9 Å². The van der Waals surface area contributed by atoms with Crippen LogP contribution in [0.1, 0.15) is 27.8 Å². The molecule has 1 unspecified atom stereocenters. The fraction of sp³-hybridized carbons (Fsp3) is 0.250. The number of carbonyl (C=O) groups is 2. The lowest BCUT2D eigenvalue weighted by atomic mass is 10.1. The van der Waals surface area contributed by atoms with Crippen molar-refractivity contribution < 1.29 is 33.0 Å². The Kier molecular flexibility index (Phi) is 6.26. The summed E-state index contributed by atoms with van der Waals surface area (Å²) < 4.78 is 37.5. The number of carbonyl (C=O) groups excluding carboxylic acids is 2. The van der Waals surface area contributed by atoms with Crippen molar-refractivity contribution in [1.82, 2.24) is 9.97 Å². The largest absolute Gasteiger partial charge is 0.462 e. The minimum absolute atomic E-state index is 0.00685. The van der Waals surface area contributed by atoms with Crippen LogP contribution in [0.2, 0.25) is 0 Å². The summed E-state index contributed by atoms with van der Waals surface area (Å²) in [6.07, 6.45) is -1.41. The van der Waals surface area contributed by atoms with E-state index in [0.717, 1.165) is 25.3 Å². The van der Waals surface area contributed by atoms with Gasteiger partial charge in [-0.1, -0.05) is 6.07 Å². The Balaban J connectivity index is 2.71. The van der Waals surface area contributed by atoms with Gasteiger partial charge in [-0.05, 0) is 19.1 Å². The van der Waals surface area contributed by atoms with Crippen molar-refractivity contribution in [2.45, 2.75) is 13.3 Å². The Hall–Kier alpha value is -2.98. The summed E-state index contributed by atoms with van der Waals surface area (Å²) in [5.74, 6) is -3.77. The molecule has 0 aliphatic rings. The third kappa shape index (κ3) is 3.98. The van der Waals surface area contributed by atoms with Gasteiger partial charge in [-0.3, -0.25) is 4.79 Å². The number of nitrogens with one attached hydrogen (secondary N) is 1. The number of aromatic nitrogens is 2. The van der Waals surface area contributed by atoms with Gasteiger partial charge in [0.1, 0.15) is 28.7 Å². The van der Waals surface area contributed by atoms with Gasteiger partial charge in [-0.15, -0.1) is 0 Å². The van der Waals surface area contributed by atoms with Gasteiger partial charge in [0.2, 0.25) is 6.41 Å². The van der Waals surface area contributed by atoms with Gasteiger partial charge in [0.25, 0.3) is 0 Å². The van der Waals surface area contributed by atoms with Crippen molar-refractivity contribution in [2.75, 3.05) is 19.0 Å². The molecule has 1 aromatic heterocycles. The molecule has 0 saturated carbocycles. The Morgan fingerprint density at radius 2 is 2.00 bits per heavy atom. The second-order valence-corrected chi connectivity index (χ2v) is 4.82. The molecule has 2 N–H and O–H groups in total. The topological polar surface area (TPSA) is 111 Å². The van der Waals surface area contributed by atoms with E-state index in [0.29, 0.717) is 0 Å². The van der Waals surface area contributed by atoms with Crippen LogP contribution in [-0.4, -0.2) is 47.5 Å². The highest BCUT2D eigenvalue weighted by atomic mass is 19.1. The van der Waals surface area contributed by atoms with E-state index in [1.807, 2.05) is 0 Å². The van der Waals surface area contributed by atoms with Gasteiger partial charge in [0.15, 0.2) is 12.1 Å². The minimum Gasteiger partial charge on any atom is -0.462 e. The number of rotatable bonds is 7. The number of nitrogens with zero attached hydrogens (tertiary/aromatic N) is 2. The van der Waals surface area contributed by atoms with Crippen LogP contribution < -0.4 is 5.32 Å². The zero-order valence-electron chi connectivity index (χ0n) is 13.8. The summed E-state index contributed by atoms with van der Waals surface area (Å²) in [7, 11) is 1.15. The van der Waals surface area contributed by atoms with Gasteiger partial charge in [0, 0.05) is 7.11 Å². The van der Waals surface area contributed by atoms with Crippen molar-refractivity contribution in [2.24, 2.45) is 0 Å². The molecule has 2 rings (SSSR count). The van der Waals surface area contributed by atoms with Gasteiger partial charge in [-0.2, -0.15) is 0 Å². The summed E-state index contributed by atoms with van der Waals surface area (Å²) in [5, 5.41) is 11.9. The number of anilines is 1. The van der Waals surface area contributed by atoms with Crippen LogP contribution in [0.5, 0.6) is 0 Å². The van der Waals surface area contributed by atoms with Crippen LogP contribution in [0, 0.1) is 11.6 Å². The number of aliphatic hydroxyl groups excluding tert-OH is 1. The summed E-state index contributed by atoms with van der Waals surface area (Å²) in [4.78, 5) is 31.1. The normalized spacial score (nSPS) is 11.7. The van der Waals surface area contributed by atoms with E-state index in [1.54, 1.807) is 6.92 Å². The molecule has 0 radical (unpaired) electrons. The van der Waals surface area contributed by atoms with Crippen molar-refractivity contribution in [3.63, 3.8) is 0 Å². The molecular weight excluding hydrogens is 352 g/mol. The highest BCUT2D eigenvalue weighted by molar-refractivity contribution is 6.01. The predicted molar refractivity (Wildman–Crippen MR) is 85.4 cm³/mol. The zero-order valence-corrected chi connectivity index (χ0v) is 13.8. The fourth-order valence-electron chi connectivity index (χ4n) is 2.07. The van der Waals surface area contributed by atoms with E-state index in [2.05, 4.69) is 20.0 Å². The van der Waals surface area contributed by atoms with Crippen LogP contribution >= 0.6 is 0 Å². The lowest BCUT2D eigenvalue weighted by Crippen LogP contribution is -2.25. The third-order valence-electron chi connectivity index (χ3n) is 3.20. The number of ether oxygens (including phenoxy) is 2. The number of hydrogen-bond acceptors (Lipinski definition) is 8. The number of hydrogen-bond donors (Lipinski definition) is 2. The molecule has 0 spiro atoms. The first-order valence-corrected chi connectivity index (χ1v) is 7.39. The predicted octanol–water partition coefficient (Wildman–Crippen LogP) is 1.75. The molecule has 138 valence electrons. The van der Waals surface area contributed by atoms with Crippen LogP contribution in [0.15, 0.2) is 18.2 Å². The van der Waals surface area contributed by atoms with Crippen molar-refractivity contribution >= 4 is 18.1 Å². The molecule has 0 saturated heterocycles. The summed E-state index contributed by atoms with van der Waals surface area (Å²) >= 11 is 0. The second kappa shape index (κ2) is 8.41. The number of esters is 1. The Morgan fingerprint density at radius 1 is 1.35 bits per heavy atom. The smallest absolute Gasteiger partial charge is 0.344 e. The average Bonchev–Trinajstić information content (AvgIpc) is 2.61. The van der Waals surface area contributed by atoms with E-state index in [9.17, 15) is 23.5 Å². The number of benzene rings is 1. The summed E-state index contributed by atoms with van der Waals surface area (Å²) in [5.41, 5.74) is -1.47. The molecule has 1 aromatic carbocycles. The Bertz CT molecular complexity index is 812. The summed E-state index contributed by atoms with van der Waals surface area (Å²) in [6.45, 7) is 1.53. The monoisotopic (exact) mass is 367 g/mol. The molecular formula is C16H15F2N3O5. The minimum atomic E-state index is -1.61. The number of aliphatic hydroxyl groups is 1. The summed E-state index contributed by atoms with van der Waals surface area (Å²) in [6, 6.07) is 3.12. The maximum Gasteiger partial charge on any atom is 0.344 e. The van der Waals surface area contributed by atoms with Crippen molar-refractivity contribution in [1.29, 1.82) is 0 Å². The molecule has 0 bridgehead atoms. The van der Waals surface area contributed by atoms with Crippen LogP contribution in [0.25, 0.3) is 11.4 Å².